The molecule has 0 aliphatic rings. The van der Waals surface area contributed by atoms with Crippen molar-refractivity contribution in [1.29, 1.82) is 0 Å². The van der Waals surface area contributed by atoms with Gasteiger partial charge in [0.1, 0.15) is 0 Å². The van der Waals surface area contributed by atoms with E-state index in [0.717, 1.165) is 17.2 Å². The van der Waals surface area contributed by atoms with Crippen molar-refractivity contribution >= 4 is 17.2 Å². The number of benzene rings is 1. The standard InChI is InChI=1S/C12H9NO/c1-2-7-13-8-6-11-10(9-14)4-3-5-12(11)13/h1,3-6,8-9H,7H2. The van der Waals surface area contributed by atoms with E-state index >= 15 is 0 Å². The van der Waals surface area contributed by atoms with E-state index in [9.17, 15) is 4.79 Å². The molecule has 0 fully saturated rings. The molecule has 0 aliphatic heterocycles. The Morgan fingerprint density at radius 1 is 1.43 bits per heavy atom. The van der Waals surface area contributed by atoms with Crippen molar-refractivity contribution in [2.24, 2.45) is 0 Å². The second-order valence-corrected chi connectivity index (χ2v) is 3.05. The molecule has 2 rings (SSSR count). The predicted molar refractivity (Wildman–Crippen MR) is 56.2 cm³/mol. The minimum Gasteiger partial charge on any atom is -0.336 e. The average Bonchev–Trinajstić information content (AvgIpc) is 2.62. The molecule has 0 saturated heterocycles. The Kier molecular flexibility index (Phi) is 2.08. The van der Waals surface area contributed by atoms with Crippen LogP contribution in [0.2, 0.25) is 0 Å². The Morgan fingerprint density at radius 3 is 3.00 bits per heavy atom. The van der Waals surface area contributed by atoms with Crippen LogP contribution in [0.15, 0.2) is 30.5 Å². The summed E-state index contributed by atoms with van der Waals surface area (Å²) in [5.74, 6) is 2.57. The third-order valence-electron chi connectivity index (χ3n) is 2.24. The first-order valence-corrected chi connectivity index (χ1v) is 4.33. The van der Waals surface area contributed by atoms with Gasteiger partial charge in [-0.2, -0.15) is 0 Å². The average molecular weight is 183 g/mol. The molecular formula is C12H9NO. The SMILES string of the molecule is C#CCn1ccc2c(C=O)cccc21. The Balaban J connectivity index is 2.70. The van der Waals surface area contributed by atoms with Crippen molar-refractivity contribution in [3.8, 4) is 12.3 Å². The van der Waals surface area contributed by atoms with Gasteiger partial charge in [-0.15, -0.1) is 6.42 Å². The summed E-state index contributed by atoms with van der Waals surface area (Å²) < 4.78 is 1.95. The van der Waals surface area contributed by atoms with Crippen molar-refractivity contribution in [2.45, 2.75) is 6.54 Å². The number of hydrogen-bond acceptors (Lipinski definition) is 1. The number of aldehydes is 1. The molecule has 2 nitrogen and oxygen atoms in total. The molecule has 1 heterocycles. The number of nitrogens with zero attached hydrogens (tertiary/aromatic N) is 1. The van der Waals surface area contributed by atoms with Crippen LogP contribution in [0.3, 0.4) is 0 Å². The summed E-state index contributed by atoms with van der Waals surface area (Å²) in [5, 5.41) is 0.956. The second-order valence-electron chi connectivity index (χ2n) is 3.05. The first-order chi connectivity index (χ1) is 6.86. The number of hydrogen-bond donors (Lipinski definition) is 0. The Hall–Kier alpha value is -2.01. The zero-order chi connectivity index (χ0) is 9.97. The van der Waals surface area contributed by atoms with E-state index in [-0.39, 0.29) is 0 Å². The van der Waals surface area contributed by atoms with Crippen molar-refractivity contribution in [3.63, 3.8) is 0 Å². The maximum atomic E-state index is 10.7. The van der Waals surface area contributed by atoms with Gasteiger partial charge in [0.2, 0.25) is 0 Å². The molecule has 0 amide bonds. The summed E-state index contributed by atoms with van der Waals surface area (Å²) in [6.45, 7) is 0.534. The summed E-state index contributed by atoms with van der Waals surface area (Å²) in [6, 6.07) is 7.53. The van der Waals surface area contributed by atoms with E-state index in [1.165, 1.54) is 0 Å². The summed E-state index contributed by atoms with van der Waals surface area (Å²) in [4.78, 5) is 10.7. The van der Waals surface area contributed by atoms with Gasteiger partial charge in [-0.1, -0.05) is 18.1 Å². The van der Waals surface area contributed by atoms with Gasteiger partial charge in [-0.3, -0.25) is 4.79 Å². The Morgan fingerprint density at radius 2 is 2.29 bits per heavy atom. The molecule has 0 N–H and O–H groups in total. The predicted octanol–water partition coefficient (Wildman–Crippen LogP) is 2.09. The lowest BCUT2D eigenvalue weighted by atomic mass is 10.1. The number of fused-ring (bicyclic) bond motifs is 1. The minimum atomic E-state index is 0.534. The smallest absolute Gasteiger partial charge is 0.150 e. The van der Waals surface area contributed by atoms with Gasteiger partial charge in [0.15, 0.2) is 6.29 Å². The number of aromatic nitrogens is 1. The van der Waals surface area contributed by atoms with Gasteiger partial charge in [-0.25, -0.2) is 0 Å². The van der Waals surface area contributed by atoms with Crippen LogP contribution in [0.4, 0.5) is 0 Å². The lowest BCUT2D eigenvalue weighted by Crippen LogP contribution is -1.92. The van der Waals surface area contributed by atoms with E-state index in [1.807, 2.05) is 29.0 Å². The maximum absolute atomic E-state index is 10.7. The molecule has 0 saturated carbocycles. The van der Waals surface area contributed by atoms with E-state index < -0.39 is 0 Å². The maximum Gasteiger partial charge on any atom is 0.150 e. The number of carbonyl (C=O) groups excluding carboxylic acids is 1. The fourth-order valence-electron chi connectivity index (χ4n) is 1.59. The van der Waals surface area contributed by atoms with Crippen LogP contribution in [-0.2, 0) is 6.54 Å². The fraction of sp³-hybridized carbons (Fsp3) is 0.0833. The first kappa shape index (κ1) is 8.58. The molecule has 2 heteroatoms. The molecular weight excluding hydrogens is 174 g/mol. The second kappa shape index (κ2) is 3.39. The van der Waals surface area contributed by atoms with Gasteiger partial charge in [0, 0.05) is 22.7 Å². The summed E-state index contributed by atoms with van der Waals surface area (Å²) in [7, 11) is 0. The third kappa shape index (κ3) is 1.20. The van der Waals surface area contributed by atoms with E-state index in [2.05, 4.69) is 5.92 Å². The van der Waals surface area contributed by atoms with Crippen molar-refractivity contribution in [1.82, 2.24) is 4.57 Å². The highest BCUT2D eigenvalue weighted by Crippen LogP contribution is 2.18. The molecule has 0 bridgehead atoms. The fourth-order valence-corrected chi connectivity index (χ4v) is 1.59. The van der Waals surface area contributed by atoms with Crippen LogP contribution in [0, 0.1) is 12.3 Å². The number of rotatable bonds is 2. The normalized spacial score (nSPS) is 9.93. The molecule has 0 spiro atoms. The lowest BCUT2D eigenvalue weighted by Gasteiger charge is -1.99. The van der Waals surface area contributed by atoms with E-state index in [0.29, 0.717) is 12.1 Å². The largest absolute Gasteiger partial charge is 0.336 e. The van der Waals surface area contributed by atoms with Gasteiger partial charge in [0.05, 0.1) is 6.54 Å². The molecule has 2 aromatic rings. The quantitative estimate of drug-likeness (QED) is 0.516. The molecule has 0 unspecified atom stereocenters. The highest BCUT2D eigenvalue weighted by molar-refractivity contribution is 5.97. The molecule has 1 aromatic heterocycles. The topological polar surface area (TPSA) is 22.0 Å². The summed E-state index contributed by atoms with van der Waals surface area (Å²) in [6.07, 6.45) is 8.00. The van der Waals surface area contributed by atoms with Crippen molar-refractivity contribution in [2.75, 3.05) is 0 Å². The van der Waals surface area contributed by atoms with Crippen LogP contribution in [0.25, 0.3) is 10.9 Å². The Labute approximate surface area is 82.2 Å². The molecule has 68 valence electrons. The molecule has 0 atom stereocenters. The number of terminal acetylenes is 1. The summed E-state index contributed by atoms with van der Waals surface area (Å²) in [5.41, 5.74) is 1.71. The highest BCUT2D eigenvalue weighted by Gasteiger charge is 2.03. The van der Waals surface area contributed by atoms with E-state index in [1.54, 1.807) is 6.07 Å². The highest BCUT2D eigenvalue weighted by atomic mass is 16.1. The van der Waals surface area contributed by atoms with Crippen LogP contribution in [0.1, 0.15) is 10.4 Å². The minimum absolute atomic E-state index is 0.534. The van der Waals surface area contributed by atoms with Crippen LogP contribution >= 0.6 is 0 Å². The first-order valence-electron chi connectivity index (χ1n) is 4.33. The Bertz CT molecular complexity index is 517. The zero-order valence-corrected chi connectivity index (χ0v) is 7.60. The number of carbonyl (C=O) groups is 1. The molecule has 14 heavy (non-hydrogen) atoms. The van der Waals surface area contributed by atoms with Crippen LogP contribution in [0.5, 0.6) is 0 Å². The van der Waals surface area contributed by atoms with Crippen LogP contribution < -0.4 is 0 Å². The monoisotopic (exact) mass is 183 g/mol. The van der Waals surface area contributed by atoms with Crippen molar-refractivity contribution < 1.29 is 4.79 Å². The lowest BCUT2D eigenvalue weighted by molar-refractivity contribution is 0.112. The van der Waals surface area contributed by atoms with Crippen LogP contribution in [-0.4, -0.2) is 10.9 Å². The third-order valence-corrected chi connectivity index (χ3v) is 2.24. The van der Waals surface area contributed by atoms with E-state index in [4.69, 9.17) is 6.42 Å². The van der Waals surface area contributed by atoms with Gasteiger partial charge < -0.3 is 4.57 Å². The van der Waals surface area contributed by atoms with Gasteiger partial charge in [-0.05, 0) is 12.1 Å². The molecule has 0 radical (unpaired) electrons. The summed E-state index contributed by atoms with van der Waals surface area (Å²) >= 11 is 0. The van der Waals surface area contributed by atoms with Gasteiger partial charge in [0.25, 0.3) is 0 Å². The zero-order valence-electron chi connectivity index (χ0n) is 7.60. The van der Waals surface area contributed by atoms with Gasteiger partial charge >= 0.3 is 0 Å². The molecule has 1 aromatic carbocycles. The van der Waals surface area contributed by atoms with Crippen molar-refractivity contribution in [3.05, 3.63) is 36.0 Å². The molecule has 0 aliphatic carbocycles.